The molecule has 2 rings (SSSR count). The lowest BCUT2D eigenvalue weighted by Gasteiger charge is -2.24. The molecular formula is C20H24O3S. The van der Waals surface area contributed by atoms with Crippen molar-refractivity contribution in [2.24, 2.45) is 0 Å². The molecule has 4 heteroatoms. The topological polar surface area (TPSA) is 57.5 Å². The number of thioether (sulfide) groups is 1. The Bertz CT molecular complexity index is 773. The second-order valence-corrected chi connectivity index (χ2v) is 8.12. The summed E-state index contributed by atoms with van der Waals surface area (Å²) in [7, 11) is 0. The molecule has 0 radical (unpaired) electrons. The van der Waals surface area contributed by atoms with Crippen LogP contribution in [0.25, 0.3) is 0 Å². The highest BCUT2D eigenvalue weighted by atomic mass is 32.2. The van der Waals surface area contributed by atoms with Gasteiger partial charge in [0.25, 0.3) is 0 Å². The Kier molecular flexibility index (Phi) is 5.29. The lowest BCUT2D eigenvalue weighted by molar-refractivity contribution is 0.0692. The molecule has 0 aromatic heterocycles. The van der Waals surface area contributed by atoms with Crippen LogP contribution in [0.4, 0.5) is 0 Å². The largest absolute Gasteiger partial charge is 0.507 e. The Labute approximate surface area is 147 Å². The predicted molar refractivity (Wildman–Crippen MR) is 99.2 cm³/mol. The quantitative estimate of drug-likeness (QED) is 0.739. The molecule has 0 atom stereocenters. The summed E-state index contributed by atoms with van der Waals surface area (Å²) in [5.41, 5.74) is 3.36. The van der Waals surface area contributed by atoms with Crippen molar-refractivity contribution < 1.29 is 15.0 Å². The number of hydrogen-bond acceptors (Lipinski definition) is 3. The summed E-state index contributed by atoms with van der Waals surface area (Å²) in [6.07, 6.45) is 0. The number of benzene rings is 2. The summed E-state index contributed by atoms with van der Waals surface area (Å²) in [4.78, 5) is 12.5. The van der Waals surface area contributed by atoms with Gasteiger partial charge in [0.05, 0.1) is 0 Å². The van der Waals surface area contributed by atoms with Gasteiger partial charge in [0, 0.05) is 16.2 Å². The zero-order chi connectivity index (χ0) is 18.1. The van der Waals surface area contributed by atoms with Crippen molar-refractivity contribution in [2.45, 2.75) is 50.7 Å². The molecule has 128 valence electrons. The van der Waals surface area contributed by atoms with E-state index < -0.39 is 5.97 Å². The maximum Gasteiger partial charge on any atom is 0.339 e. The van der Waals surface area contributed by atoms with Gasteiger partial charge in [0.15, 0.2) is 0 Å². The highest BCUT2D eigenvalue weighted by Crippen LogP contribution is 2.40. The van der Waals surface area contributed by atoms with Gasteiger partial charge in [-0.25, -0.2) is 4.79 Å². The molecule has 0 saturated carbocycles. The fourth-order valence-corrected chi connectivity index (χ4v) is 3.71. The first-order chi connectivity index (χ1) is 11.1. The van der Waals surface area contributed by atoms with Gasteiger partial charge in [-0.1, -0.05) is 50.6 Å². The summed E-state index contributed by atoms with van der Waals surface area (Å²) < 4.78 is 0. The number of phenols is 1. The third kappa shape index (κ3) is 3.93. The lowest BCUT2D eigenvalue weighted by atomic mass is 9.84. The van der Waals surface area contributed by atoms with Gasteiger partial charge in [-0.15, -0.1) is 11.8 Å². The van der Waals surface area contributed by atoms with Gasteiger partial charge in [-0.05, 0) is 36.5 Å². The van der Waals surface area contributed by atoms with E-state index in [-0.39, 0.29) is 16.7 Å². The van der Waals surface area contributed by atoms with Crippen molar-refractivity contribution in [3.05, 3.63) is 58.1 Å². The normalized spacial score (nSPS) is 11.5. The summed E-state index contributed by atoms with van der Waals surface area (Å²) >= 11 is 1.60. The van der Waals surface area contributed by atoms with Crippen LogP contribution in [0.15, 0.2) is 35.2 Å². The van der Waals surface area contributed by atoms with Crippen molar-refractivity contribution in [3.63, 3.8) is 0 Å². The first-order valence-corrected chi connectivity index (χ1v) is 8.88. The second-order valence-electron chi connectivity index (χ2n) is 7.10. The average molecular weight is 344 g/mol. The van der Waals surface area contributed by atoms with E-state index >= 15 is 0 Å². The molecular weight excluding hydrogens is 320 g/mol. The van der Waals surface area contributed by atoms with Gasteiger partial charge in [0.2, 0.25) is 0 Å². The number of hydrogen-bond donors (Lipinski definition) is 2. The minimum atomic E-state index is -1.09. The van der Waals surface area contributed by atoms with Gasteiger partial charge >= 0.3 is 5.97 Å². The molecule has 0 fully saturated rings. The van der Waals surface area contributed by atoms with E-state index in [0.717, 1.165) is 10.6 Å². The van der Waals surface area contributed by atoms with E-state index in [1.54, 1.807) is 18.7 Å². The molecule has 0 unspecified atom stereocenters. The van der Waals surface area contributed by atoms with Crippen LogP contribution in [0.3, 0.4) is 0 Å². The first-order valence-electron chi connectivity index (χ1n) is 7.90. The van der Waals surface area contributed by atoms with Crippen molar-refractivity contribution >= 4 is 17.7 Å². The zero-order valence-electron chi connectivity index (χ0n) is 14.8. The van der Waals surface area contributed by atoms with E-state index in [0.29, 0.717) is 11.1 Å². The molecule has 0 aliphatic carbocycles. The van der Waals surface area contributed by atoms with Crippen molar-refractivity contribution in [3.8, 4) is 5.75 Å². The monoisotopic (exact) mass is 344 g/mol. The van der Waals surface area contributed by atoms with Gasteiger partial charge in [0.1, 0.15) is 11.3 Å². The van der Waals surface area contributed by atoms with Gasteiger partial charge in [-0.2, -0.15) is 0 Å². The van der Waals surface area contributed by atoms with Crippen LogP contribution in [0.2, 0.25) is 0 Å². The lowest BCUT2D eigenvalue weighted by Crippen LogP contribution is -2.14. The van der Waals surface area contributed by atoms with E-state index in [1.165, 1.54) is 11.1 Å². The first kappa shape index (κ1) is 18.4. The Morgan fingerprint density at radius 2 is 1.83 bits per heavy atom. The van der Waals surface area contributed by atoms with E-state index in [1.807, 2.05) is 32.9 Å². The Morgan fingerprint density at radius 1 is 1.17 bits per heavy atom. The van der Waals surface area contributed by atoms with Crippen molar-refractivity contribution in [1.82, 2.24) is 0 Å². The molecule has 0 spiro atoms. The Hall–Kier alpha value is -1.94. The number of carboxylic acid groups (broad SMARTS) is 1. The second kappa shape index (κ2) is 6.89. The number of carbonyl (C=O) groups is 1. The molecule has 0 amide bonds. The Balaban J connectivity index is 2.45. The highest BCUT2D eigenvalue weighted by molar-refractivity contribution is 7.98. The van der Waals surface area contributed by atoms with Gasteiger partial charge < -0.3 is 10.2 Å². The molecule has 0 saturated heterocycles. The van der Waals surface area contributed by atoms with Crippen molar-refractivity contribution in [1.29, 1.82) is 0 Å². The van der Waals surface area contributed by atoms with Crippen LogP contribution in [0.5, 0.6) is 5.75 Å². The van der Waals surface area contributed by atoms with Crippen LogP contribution in [0, 0.1) is 13.8 Å². The highest BCUT2D eigenvalue weighted by Gasteiger charge is 2.26. The minimum absolute atomic E-state index is 0.00849. The number of aromatic hydroxyl groups is 1. The molecule has 2 aromatic carbocycles. The molecule has 0 heterocycles. The fourth-order valence-electron chi connectivity index (χ4n) is 2.69. The number of aromatic carboxylic acids is 1. The summed E-state index contributed by atoms with van der Waals surface area (Å²) in [5.74, 6) is -0.448. The maximum absolute atomic E-state index is 11.6. The summed E-state index contributed by atoms with van der Waals surface area (Å²) in [6.45, 7) is 9.72. The molecule has 2 N–H and O–H groups in total. The molecule has 2 aromatic rings. The third-order valence-corrected chi connectivity index (χ3v) is 5.22. The summed E-state index contributed by atoms with van der Waals surface area (Å²) in [5, 5.41) is 19.9. The van der Waals surface area contributed by atoms with E-state index in [9.17, 15) is 15.0 Å². The predicted octanol–water partition coefficient (Wildman–Crippen LogP) is 5.30. The van der Waals surface area contributed by atoms with Crippen LogP contribution in [-0.2, 0) is 11.2 Å². The number of carboxylic acids is 1. The molecule has 0 bridgehead atoms. The minimum Gasteiger partial charge on any atom is -0.507 e. The SMILES string of the molecule is Cc1cccc(CSc2cc(C(C)(C)C)c(O)c(C(=O)O)c2C)c1. The van der Waals surface area contributed by atoms with Crippen molar-refractivity contribution in [2.75, 3.05) is 0 Å². The number of rotatable bonds is 4. The van der Waals surface area contributed by atoms with E-state index in [2.05, 4.69) is 25.1 Å². The molecule has 3 nitrogen and oxygen atoms in total. The fraction of sp³-hybridized carbons (Fsp3) is 0.350. The molecule has 0 aliphatic heterocycles. The Morgan fingerprint density at radius 3 is 2.38 bits per heavy atom. The summed E-state index contributed by atoms with van der Waals surface area (Å²) in [6, 6.07) is 10.2. The molecule has 0 aliphatic rings. The third-order valence-electron chi connectivity index (χ3n) is 4.01. The van der Waals surface area contributed by atoms with Crippen LogP contribution in [0.1, 0.15) is 53.4 Å². The molecule has 24 heavy (non-hydrogen) atoms. The van der Waals surface area contributed by atoms with E-state index in [4.69, 9.17) is 0 Å². The zero-order valence-corrected chi connectivity index (χ0v) is 15.6. The average Bonchev–Trinajstić information content (AvgIpc) is 2.44. The van der Waals surface area contributed by atoms with Crippen LogP contribution < -0.4 is 0 Å². The smallest absolute Gasteiger partial charge is 0.339 e. The number of aryl methyl sites for hydroxylation is 1. The maximum atomic E-state index is 11.6. The standard InChI is InChI=1S/C20H24O3S/c1-12-7-6-8-14(9-12)11-24-16-10-15(20(3,4)5)18(21)17(13(16)2)19(22)23/h6-10,21H,11H2,1-5H3,(H,22,23). The van der Waals surface area contributed by atoms with Crippen LogP contribution in [-0.4, -0.2) is 16.2 Å². The van der Waals surface area contributed by atoms with Gasteiger partial charge in [-0.3, -0.25) is 0 Å². The van der Waals surface area contributed by atoms with Crippen LogP contribution >= 0.6 is 11.8 Å².